The smallest absolute Gasteiger partial charge is 0.458 e. The second-order valence-electron chi connectivity index (χ2n) is 6.49. The number of ether oxygens (including phenoxy) is 1. The summed E-state index contributed by atoms with van der Waals surface area (Å²) in [7, 11) is -5.46. The van der Waals surface area contributed by atoms with Gasteiger partial charge >= 0.3 is 23.7 Å². The molecule has 2 nitrogen and oxygen atoms in total. The van der Waals surface area contributed by atoms with E-state index in [9.17, 15) is 43.9 Å². The predicted octanol–water partition coefficient (Wildman–Crippen LogP) is 5.91. The van der Waals surface area contributed by atoms with Crippen molar-refractivity contribution in [2.75, 3.05) is 6.61 Å². The normalized spacial score (nSPS) is 19.0. The van der Waals surface area contributed by atoms with Gasteiger partial charge in [0.2, 0.25) is 5.90 Å². The summed E-state index contributed by atoms with van der Waals surface area (Å²) in [6.07, 6.45) is -13.3. The van der Waals surface area contributed by atoms with Gasteiger partial charge < -0.3 is 4.74 Å². The molecular formula is C16H14F10NOP. The van der Waals surface area contributed by atoms with Crippen LogP contribution in [0.25, 0.3) is 0 Å². The molecule has 0 aromatic heterocycles. The third-order valence-corrected chi connectivity index (χ3v) is 6.56. The Bertz CT molecular complexity index is 746. The fourth-order valence-corrected chi connectivity index (χ4v) is 4.57. The average Bonchev–Trinajstić information content (AvgIpc) is 3.03. The number of alkyl halides is 10. The van der Waals surface area contributed by atoms with E-state index >= 15 is 0 Å². The Hall–Kier alpha value is -1.58. The van der Waals surface area contributed by atoms with Gasteiger partial charge in [-0.1, -0.05) is 32.0 Å². The van der Waals surface area contributed by atoms with E-state index in [0.717, 1.165) is 18.2 Å². The number of hydrogen-bond acceptors (Lipinski definition) is 2. The summed E-state index contributed by atoms with van der Waals surface area (Å²) in [6, 6.07) is 2.52. The molecule has 1 aliphatic heterocycles. The Morgan fingerprint density at radius 3 is 1.79 bits per heavy atom. The van der Waals surface area contributed by atoms with Crippen molar-refractivity contribution in [1.29, 1.82) is 0 Å². The highest BCUT2D eigenvalue weighted by molar-refractivity contribution is 7.68. The van der Waals surface area contributed by atoms with Crippen LogP contribution in [0.3, 0.4) is 0 Å². The quantitative estimate of drug-likeness (QED) is 0.398. The maximum atomic E-state index is 14.0. The van der Waals surface area contributed by atoms with Crippen LogP contribution in [0.4, 0.5) is 43.9 Å². The van der Waals surface area contributed by atoms with Crippen LogP contribution in [-0.4, -0.2) is 42.2 Å². The van der Waals surface area contributed by atoms with Crippen LogP contribution in [-0.2, 0) is 4.74 Å². The van der Waals surface area contributed by atoms with Gasteiger partial charge in [0.1, 0.15) is 6.61 Å². The molecule has 1 aliphatic rings. The Labute approximate surface area is 159 Å². The molecule has 1 heterocycles. The van der Waals surface area contributed by atoms with Gasteiger partial charge in [0, 0.05) is 10.9 Å². The number of aliphatic imine (C=N–C) groups is 1. The van der Waals surface area contributed by atoms with Crippen molar-refractivity contribution in [3.05, 3.63) is 29.8 Å². The highest BCUT2D eigenvalue weighted by Crippen LogP contribution is 2.71. The highest BCUT2D eigenvalue weighted by Gasteiger charge is 2.76. The number of nitrogens with zero attached hydrogens (tertiary/aromatic N) is 1. The van der Waals surface area contributed by atoms with Crippen LogP contribution in [0.1, 0.15) is 19.4 Å². The minimum atomic E-state index is -6.64. The molecular weight excluding hydrogens is 443 g/mol. The molecule has 1 aromatic rings. The SMILES string of the molecule is CC(C)[C@H]1COC(c2ccccc2P(C(F)(F)C(F)(F)F)C(F)(F)C(F)(F)F)=N1. The zero-order valence-corrected chi connectivity index (χ0v) is 15.6. The Morgan fingerprint density at radius 2 is 1.38 bits per heavy atom. The second kappa shape index (κ2) is 7.59. The molecule has 0 radical (unpaired) electrons. The van der Waals surface area contributed by atoms with E-state index in [1.165, 1.54) is 0 Å². The van der Waals surface area contributed by atoms with E-state index in [1.54, 1.807) is 13.8 Å². The van der Waals surface area contributed by atoms with Crippen molar-refractivity contribution < 1.29 is 48.6 Å². The van der Waals surface area contributed by atoms with Crippen LogP contribution in [0.15, 0.2) is 29.3 Å². The second-order valence-corrected chi connectivity index (χ2v) is 8.76. The summed E-state index contributed by atoms with van der Waals surface area (Å²) in [5.74, 6) is -0.711. The monoisotopic (exact) mass is 457 g/mol. The van der Waals surface area contributed by atoms with Gasteiger partial charge in [-0.25, -0.2) is 4.99 Å². The summed E-state index contributed by atoms with van der Waals surface area (Å²) >= 11 is 0. The summed E-state index contributed by atoms with van der Waals surface area (Å²) < 4.78 is 138. The van der Waals surface area contributed by atoms with Gasteiger partial charge in [-0.3, -0.25) is 0 Å². The van der Waals surface area contributed by atoms with E-state index in [-0.39, 0.29) is 12.5 Å². The van der Waals surface area contributed by atoms with Crippen LogP contribution >= 0.6 is 7.92 Å². The van der Waals surface area contributed by atoms with Gasteiger partial charge in [0.05, 0.1) is 14.0 Å². The summed E-state index contributed by atoms with van der Waals surface area (Å²) in [5, 5.41) is -1.50. The molecule has 0 unspecified atom stereocenters. The first-order valence-electron chi connectivity index (χ1n) is 8.01. The number of hydrogen-bond donors (Lipinski definition) is 0. The topological polar surface area (TPSA) is 21.6 Å². The zero-order valence-electron chi connectivity index (χ0n) is 14.8. The van der Waals surface area contributed by atoms with Crippen LogP contribution in [0, 0.1) is 5.92 Å². The standard InChI is InChI=1S/C16H14F10NOP/c1-8(2)10-7-28-12(27-10)9-5-3-4-6-11(9)29(15(23,24)13(17,18)19)16(25,26)14(20,21)22/h3-6,8,10H,7H2,1-2H3/t10-/m1/s1. The van der Waals surface area contributed by atoms with Crippen molar-refractivity contribution in [3.63, 3.8) is 0 Å². The third kappa shape index (κ3) is 4.32. The minimum absolute atomic E-state index is 0.120. The third-order valence-electron chi connectivity index (χ3n) is 4.06. The lowest BCUT2D eigenvalue weighted by atomic mass is 10.1. The first-order valence-corrected chi connectivity index (χ1v) is 9.35. The molecule has 164 valence electrons. The molecule has 0 spiro atoms. The van der Waals surface area contributed by atoms with Crippen LogP contribution in [0.2, 0.25) is 0 Å². The summed E-state index contributed by atoms with van der Waals surface area (Å²) in [5.41, 5.74) is -13.4. The van der Waals surface area contributed by atoms with Crippen LogP contribution < -0.4 is 5.30 Å². The minimum Gasteiger partial charge on any atom is -0.475 e. The van der Waals surface area contributed by atoms with Crippen molar-refractivity contribution in [3.8, 4) is 0 Å². The molecule has 0 saturated heterocycles. The molecule has 1 atom stereocenters. The molecule has 0 saturated carbocycles. The fourth-order valence-electron chi connectivity index (χ4n) is 2.46. The average molecular weight is 457 g/mol. The van der Waals surface area contributed by atoms with E-state index in [2.05, 4.69) is 4.99 Å². The number of benzene rings is 1. The van der Waals surface area contributed by atoms with E-state index < -0.39 is 54.4 Å². The van der Waals surface area contributed by atoms with E-state index in [0.29, 0.717) is 6.07 Å². The molecule has 0 bridgehead atoms. The van der Waals surface area contributed by atoms with Crippen LogP contribution in [0.5, 0.6) is 0 Å². The van der Waals surface area contributed by atoms with Gasteiger partial charge in [-0.05, 0) is 12.0 Å². The van der Waals surface area contributed by atoms with Gasteiger partial charge in [-0.2, -0.15) is 43.9 Å². The predicted molar refractivity (Wildman–Crippen MR) is 86.1 cm³/mol. The fraction of sp³-hybridized carbons (Fsp3) is 0.562. The maximum Gasteiger partial charge on any atom is 0.458 e. The molecule has 1 aromatic carbocycles. The lowest BCUT2D eigenvalue weighted by Gasteiger charge is -2.36. The Kier molecular flexibility index (Phi) is 6.20. The first kappa shape index (κ1) is 23.7. The lowest BCUT2D eigenvalue weighted by molar-refractivity contribution is -0.261. The van der Waals surface area contributed by atoms with E-state index in [1.807, 2.05) is 0 Å². The molecule has 0 aliphatic carbocycles. The largest absolute Gasteiger partial charge is 0.475 e. The Balaban J connectivity index is 2.73. The Morgan fingerprint density at radius 1 is 0.897 bits per heavy atom. The molecule has 13 heteroatoms. The van der Waals surface area contributed by atoms with Gasteiger partial charge in [0.25, 0.3) is 0 Å². The first-order chi connectivity index (χ1) is 13.0. The summed E-state index contributed by atoms with van der Waals surface area (Å²) in [4.78, 5) is 3.94. The molecule has 2 rings (SSSR count). The molecule has 0 amide bonds. The zero-order chi connectivity index (χ0) is 22.4. The van der Waals surface area contributed by atoms with Gasteiger partial charge in [-0.15, -0.1) is 0 Å². The molecule has 0 fully saturated rings. The number of halogens is 10. The van der Waals surface area contributed by atoms with Crippen molar-refractivity contribution >= 4 is 19.1 Å². The highest BCUT2D eigenvalue weighted by atomic mass is 31.1. The molecule has 0 N–H and O–H groups in total. The van der Waals surface area contributed by atoms with Gasteiger partial charge in [0.15, 0.2) is 0 Å². The van der Waals surface area contributed by atoms with Crippen molar-refractivity contribution in [2.24, 2.45) is 10.9 Å². The molecule has 29 heavy (non-hydrogen) atoms. The van der Waals surface area contributed by atoms with E-state index in [4.69, 9.17) is 4.74 Å². The van der Waals surface area contributed by atoms with Crippen molar-refractivity contribution in [2.45, 2.75) is 43.6 Å². The lowest BCUT2D eigenvalue weighted by Crippen LogP contribution is -2.48. The van der Waals surface area contributed by atoms with Crippen molar-refractivity contribution in [1.82, 2.24) is 0 Å². The number of rotatable bonds is 5. The summed E-state index contributed by atoms with van der Waals surface area (Å²) in [6.45, 7) is 3.26. The maximum absolute atomic E-state index is 14.0.